The van der Waals surface area contributed by atoms with Crippen LogP contribution in [0.3, 0.4) is 0 Å². The van der Waals surface area contributed by atoms with E-state index in [9.17, 15) is 4.79 Å². The van der Waals surface area contributed by atoms with E-state index >= 15 is 0 Å². The Morgan fingerprint density at radius 1 is 1.36 bits per heavy atom. The second-order valence-corrected chi connectivity index (χ2v) is 4.02. The van der Waals surface area contributed by atoms with E-state index in [1.807, 2.05) is 0 Å². The first-order valence-electron chi connectivity index (χ1n) is 5.55. The number of aliphatic hydroxyl groups is 1. The van der Waals surface area contributed by atoms with Crippen molar-refractivity contribution >= 4 is 5.97 Å². The lowest BCUT2D eigenvalue weighted by atomic mass is 9.81. The maximum Gasteiger partial charge on any atom is 0.309 e. The molecule has 0 saturated heterocycles. The van der Waals surface area contributed by atoms with Crippen molar-refractivity contribution < 1.29 is 14.6 Å². The first-order valence-corrected chi connectivity index (χ1v) is 5.55. The van der Waals surface area contributed by atoms with E-state index in [-0.39, 0.29) is 25.1 Å². The summed E-state index contributed by atoms with van der Waals surface area (Å²) in [4.78, 5) is 11.4. The zero-order valence-corrected chi connectivity index (χ0v) is 8.87. The summed E-state index contributed by atoms with van der Waals surface area (Å²) >= 11 is 0. The zero-order chi connectivity index (χ0) is 10.4. The van der Waals surface area contributed by atoms with Crippen molar-refractivity contribution in [1.82, 2.24) is 0 Å². The Morgan fingerprint density at radius 2 is 2.00 bits per heavy atom. The van der Waals surface area contributed by atoms with Gasteiger partial charge < -0.3 is 9.84 Å². The summed E-state index contributed by atoms with van der Waals surface area (Å²) in [6, 6.07) is 0. The number of hydrogen-bond donors (Lipinski definition) is 1. The van der Waals surface area contributed by atoms with Crippen LogP contribution < -0.4 is 0 Å². The maximum absolute atomic E-state index is 11.4. The molecule has 1 aliphatic carbocycles. The van der Waals surface area contributed by atoms with Gasteiger partial charge in [0.15, 0.2) is 0 Å². The molecule has 1 saturated carbocycles. The van der Waals surface area contributed by atoms with Gasteiger partial charge in [0.25, 0.3) is 0 Å². The largest absolute Gasteiger partial charge is 0.463 e. The van der Waals surface area contributed by atoms with Crippen molar-refractivity contribution in [1.29, 1.82) is 0 Å². The lowest BCUT2D eigenvalue weighted by Crippen LogP contribution is -2.24. The molecule has 0 heterocycles. The van der Waals surface area contributed by atoms with Gasteiger partial charge in [0.05, 0.1) is 12.5 Å². The maximum atomic E-state index is 11.4. The van der Waals surface area contributed by atoms with Gasteiger partial charge in [-0.2, -0.15) is 0 Å². The fraction of sp³-hybridized carbons (Fsp3) is 0.909. The van der Waals surface area contributed by atoms with Crippen molar-refractivity contribution in [3.8, 4) is 0 Å². The molecule has 0 aliphatic heterocycles. The van der Waals surface area contributed by atoms with Crippen LogP contribution in [0.2, 0.25) is 0 Å². The molecule has 0 aromatic heterocycles. The van der Waals surface area contributed by atoms with Crippen molar-refractivity contribution in [2.45, 2.75) is 39.0 Å². The minimum atomic E-state index is -0.117. The molecule has 0 amide bonds. The van der Waals surface area contributed by atoms with Gasteiger partial charge in [0, 0.05) is 0 Å². The minimum absolute atomic E-state index is 0.0734. The monoisotopic (exact) mass is 200 g/mol. The third-order valence-electron chi connectivity index (χ3n) is 3.09. The molecule has 0 bridgehead atoms. The van der Waals surface area contributed by atoms with Crippen LogP contribution >= 0.6 is 0 Å². The van der Waals surface area contributed by atoms with Gasteiger partial charge in [-0.3, -0.25) is 4.79 Å². The van der Waals surface area contributed by atoms with Crippen LogP contribution in [-0.2, 0) is 9.53 Å². The summed E-state index contributed by atoms with van der Waals surface area (Å²) in [5.41, 5.74) is 0. The van der Waals surface area contributed by atoms with E-state index in [1.165, 1.54) is 6.42 Å². The highest BCUT2D eigenvalue weighted by molar-refractivity contribution is 5.72. The van der Waals surface area contributed by atoms with E-state index in [2.05, 4.69) is 6.92 Å². The summed E-state index contributed by atoms with van der Waals surface area (Å²) in [6.45, 7) is 2.28. The molecule has 0 radical (unpaired) electrons. The standard InChI is InChI=1S/C11H20O3/c1-2-9-3-5-10(6-4-9)11(13)14-8-7-12/h9-10,12H,2-8H2,1H3. The molecule has 14 heavy (non-hydrogen) atoms. The molecule has 0 spiro atoms. The van der Waals surface area contributed by atoms with Gasteiger partial charge in [0.2, 0.25) is 0 Å². The van der Waals surface area contributed by atoms with Gasteiger partial charge in [-0.05, 0) is 31.6 Å². The number of rotatable bonds is 4. The molecular formula is C11H20O3. The lowest BCUT2D eigenvalue weighted by molar-refractivity contribution is -0.150. The van der Waals surface area contributed by atoms with E-state index < -0.39 is 0 Å². The smallest absolute Gasteiger partial charge is 0.309 e. The molecule has 1 N–H and O–H groups in total. The summed E-state index contributed by atoms with van der Waals surface area (Å²) < 4.78 is 4.91. The van der Waals surface area contributed by atoms with Crippen LogP contribution in [0.25, 0.3) is 0 Å². The van der Waals surface area contributed by atoms with Gasteiger partial charge in [-0.1, -0.05) is 13.3 Å². The number of esters is 1. The molecule has 3 heteroatoms. The molecule has 0 aromatic carbocycles. The zero-order valence-electron chi connectivity index (χ0n) is 8.87. The number of carbonyl (C=O) groups is 1. The Morgan fingerprint density at radius 3 is 2.50 bits per heavy atom. The Labute approximate surface area is 85.5 Å². The molecule has 1 fully saturated rings. The van der Waals surface area contributed by atoms with Gasteiger partial charge in [-0.15, -0.1) is 0 Å². The van der Waals surface area contributed by atoms with Gasteiger partial charge in [0.1, 0.15) is 6.61 Å². The van der Waals surface area contributed by atoms with Crippen LogP contribution in [0.1, 0.15) is 39.0 Å². The quantitative estimate of drug-likeness (QED) is 0.703. The lowest BCUT2D eigenvalue weighted by Gasteiger charge is -2.26. The Kier molecular flexibility index (Phi) is 4.94. The van der Waals surface area contributed by atoms with E-state index in [4.69, 9.17) is 9.84 Å². The third kappa shape index (κ3) is 3.29. The first kappa shape index (κ1) is 11.5. The van der Waals surface area contributed by atoms with Crippen molar-refractivity contribution in [3.05, 3.63) is 0 Å². The fourth-order valence-corrected chi connectivity index (χ4v) is 2.07. The predicted octanol–water partition coefficient (Wildman–Crippen LogP) is 1.74. The van der Waals surface area contributed by atoms with Crippen LogP contribution in [-0.4, -0.2) is 24.3 Å². The Bertz CT molecular complexity index is 171. The summed E-state index contributed by atoms with van der Waals surface area (Å²) in [5, 5.41) is 8.52. The second-order valence-electron chi connectivity index (χ2n) is 4.02. The Balaban J connectivity index is 2.23. The van der Waals surface area contributed by atoms with E-state index in [1.54, 1.807) is 0 Å². The number of hydrogen-bond acceptors (Lipinski definition) is 3. The third-order valence-corrected chi connectivity index (χ3v) is 3.09. The van der Waals surface area contributed by atoms with Gasteiger partial charge >= 0.3 is 5.97 Å². The summed E-state index contributed by atoms with van der Waals surface area (Å²) in [7, 11) is 0. The summed E-state index contributed by atoms with van der Waals surface area (Å²) in [6.07, 6.45) is 5.44. The molecule has 82 valence electrons. The second kappa shape index (κ2) is 6.02. The van der Waals surface area contributed by atoms with Crippen LogP contribution in [0, 0.1) is 11.8 Å². The highest BCUT2D eigenvalue weighted by Gasteiger charge is 2.26. The summed E-state index contributed by atoms with van der Waals surface area (Å²) in [5.74, 6) is 0.773. The fourth-order valence-electron chi connectivity index (χ4n) is 2.07. The predicted molar refractivity (Wildman–Crippen MR) is 53.8 cm³/mol. The van der Waals surface area contributed by atoms with E-state index in [0.29, 0.717) is 0 Å². The topological polar surface area (TPSA) is 46.5 Å². The number of carbonyl (C=O) groups excluding carboxylic acids is 1. The number of aliphatic hydroxyl groups excluding tert-OH is 1. The first-order chi connectivity index (χ1) is 6.77. The molecule has 0 aromatic rings. The number of ether oxygens (including phenoxy) is 1. The minimum Gasteiger partial charge on any atom is -0.463 e. The molecule has 1 aliphatic rings. The van der Waals surface area contributed by atoms with Crippen molar-refractivity contribution in [2.75, 3.05) is 13.2 Å². The SMILES string of the molecule is CCC1CCC(C(=O)OCCO)CC1. The molecule has 3 nitrogen and oxygen atoms in total. The highest BCUT2D eigenvalue weighted by Crippen LogP contribution is 2.31. The normalized spacial score (nSPS) is 27.3. The van der Waals surface area contributed by atoms with Crippen molar-refractivity contribution in [3.63, 3.8) is 0 Å². The van der Waals surface area contributed by atoms with Crippen LogP contribution in [0.4, 0.5) is 0 Å². The molecule has 0 unspecified atom stereocenters. The van der Waals surface area contributed by atoms with Crippen molar-refractivity contribution in [2.24, 2.45) is 11.8 Å². The van der Waals surface area contributed by atoms with Crippen LogP contribution in [0.15, 0.2) is 0 Å². The van der Waals surface area contributed by atoms with Gasteiger partial charge in [-0.25, -0.2) is 0 Å². The highest BCUT2D eigenvalue weighted by atomic mass is 16.5. The van der Waals surface area contributed by atoms with E-state index in [0.717, 1.165) is 31.6 Å². The molecular weight excluding hydrogens is 180 g/mol. The molecule has 1 rings (SSSR count). The van der Waals surface area contributed by atoms with Crippen LogP contribution in [0.5, 0.6) is 0 Å². The average molecular weight is 200 g/mol. The average Bonchev–Trinajstić information content (AvgIpc) is 2.26. The molecule has 0 atom stereocenters. The Hall–Kier alpha value is -0.570.